The Hall–Kier alpha value is -5.76. The highest BCUT2D eigenvalue weighted by atomic mass is 16.6. The Morgan fingerprint density at radius 2 is 0.774 bits per heavy atom. The molecule has 53 heavy (non-hydrogen) atoms. The fourth-order valence-electron chi connectivity index (χ4n) is 5.59. The van der Waals surface area contributed by atoms with Crippen molar-refractivity contribution in [3.63, 3.8) is 0 Å². The van der Waals surface area contributed by atoms with Gasteiger partial charge in [-0.05, 0) is 59.7 Å². The largest absolute Gasteiger partial charge is 0.491 e. The number of ether oxygens (including phenoxy) is 5. The average molecular weight is 727 g/mol. The summed E-state index contributed by atoms with van der Waals surface area (Å²) in [6.45, 7) is 2.89. The molecule has 0 aliphatic carbocycles. The molecule has 0 radical (unpaired) electrons. The standard InChI is InChI=1S/C40H42N2O11/c43-37(33-5-1-3-7-35(33)39(45)46)41-17-19-49-20-18-42(38(44)34-6-2-4-8-36(34)40(47)48)28-30-11-15-32(16-12-30)53-26-24-51-22-21-50-23-25-52-31-13-9-29(27-41)10-14-31/h1-16H,17-28H2,(H,45,46)(H,47,48). The molecule has 0 saturated heterocycles. The number of carboxylic acid groups (broad SMARTS) is 2. The highest BCUT2D eigenvalue weighted by Gasteiger charge is 2.24. The van der Waals surface area contributed by atoms with Gasteiger partial charge in [0.1, 0.15) is 24.7 Å². The Bertz CT molecular complexity index is 1700. The summed E-state index contributed by atoms with van der Waals surface area (Å²) in [5.41, 5.74) is 1.44. The van der Waals surface area contributed by atoms with Gasteiger partial charge in [-0.15, -0.1) is 0 Å². The molecule has 4 bridgehead atoms. The van der Waals surface area contributed by atoms with Crippen molar-refractivity contribution in [2.45, 2.75) is 13.1 Å². The van der Waals surface area contributed by atoms with Gasteiger partial charge in [0.15, 0.2) is 0 Å². The molecule has 4 aliphatic heterocycles. The molecule has 0 spiro atoms. The van der Waals surface area contributed by atoms with Gasteiger partial charge < -0.3 is 43.7 Å². The van der Waals surface area contributed by atoms with Crippen molar-refractivity contribution >= 4 is 23.8 Å². The summed E-state index contributed by atoms with van der Waals surface area (Å²) in [7, 11) is 0. The van der Waals surface area contributed by atoms with Gasteiger partial charge >= 0.3 is 11.9 Å². The first-order valence-electron chi connectivity index (χ1n) is 17.2. The van der Waals surface area contributed by atoms with Crippen LogP contribution in [-0.4, -0.2) is 110 Å². The molecule has 4 aromatic carbocycles. The summed E-state index contributed by atoms with van der Waals surface area (Å²) in [4.78, 5) is 54.5. The third kappa shape index (κ3) is 11.4. The number of amides is 2. The number of carbonyl (C=O) groups is 4. The molecule has 0 fully saturated rings. The zero-order chi connectivity index (χ0) is 37.4. The van der Waals surface area contributed by atoms with Crippen molar-refractivity contribution in [2.24, 2.45) is 0 Å². The monoisotopic (exact) mass is 726 g/mol. The Morgan fingerprint density at radius 1 is 0.434 bits per heavy atom. The molecule has 0 saturated carbocycles. The molecule has 13 nitrogen and oxygen atoms in total. The maximum atomic E-state index is 13.8. The van der Waals surface area contributed by atoms with Crippen LogP contribution in [0, 0.1) is 0 Å². The lowest BCUT2D eigenvalue weighted by molar-refractivity contribution is 0.0273. The molecule has 2 N–H and O–H groups in total. The van der Waals surface area contributed by atoms with Gasteiger partial charge in [0.2, 0.25) is 0 Å². The van der Waals surface area contributed by atoms with Crippen LogP contribution in [0.4, 0.5) is 0 Å². The van der Waals surface area contributed by atoms with Gasteiger partial charge in [0, 0.05) is 26.2 Å². The van der Waals surface area contributed by atoms with Crippen LogP contribution in [0.25, 0.3) is 0 Å². The lowest BCUT2D eigenvalue weighted by Crippen LogP contribution is -2.36. The maximum absolute atomic E-state index is 13.8. The van der Waals surface area contributed by atoms with Crippen molar-refractivity contribution in [3.05, 3.63) is 130 Å². The second-order valence-corrected chi connectivity index (χ2v) is 12.0. The van der Waals surface area contributed by atoms with E-state index in [1.165, 1.54) is 34.1 Å². The summed E-state index contributed by atoms with van der Waals surface area (Å²) < 4.78 is 28.7. The topological polar surface area (TPSA) is 161 Å². The van der Waals surface area contributed by atoms with Gasteiger partial charge in [-0.2, -0.15) is 0 Å². The molecule has 4 aliphatic rings. The number of hydrogen-bond acceptors (Lipinski definition) is 9. The second-order valence-electron chi connectivity index (χ2n) is 12.0. The number of hydrogen-bond donors (Lipinski definition) is 2. The van der Waals surface area contributed by atoms with E-state index in [2.05, 4.69) is 0 Å². The fraction of sp³-hybridized carbons (Fsp3) is 0.300. The third-order valence-electron chi connectivity index (χ3n) is 8.32. The third-order valence-corrected chi connectivity index (χ3v) is 8.32. The molecule has 0 aromatic heterocycles. The predicted molar refractivity (Wildman–Crippen MR) is 193 cm³/mol. The highest BCUT2D eigenvalue weighted by Crippen LogP contribution is 2.19. The molecule has 4 aromatic rings. The summed E-state index contributed by atoms with van der Waals surface area (Å²) >= 11 is 0. The van der Waals surface area contributed by atoms with Crippen LogP contribution in [0.1, 0.15) is 52.6 Å². The van der Waals surface area contributed by atoms with E-state index in [4.69, 9.17) is 23.7 Å². The van der Waals surface area contributed by atoms with E-state index in [0.717, 1.165) is 11.1 Å². The molecule has 0 atom stereocenters. The van der Waals surface area contributed by atoms with Crippen LogP contribution in [0.2, 0.25) is 0 Å². The lowest BCUT2D eigenvalue weighted by Gasteiger charge is -2.25. The number of rotatable bonds is 4. The molecular formula is C40H42N2O11. The van der Waals surface area contributed by atoms with E-state index in [9.17, 15) is 29.4 Å². The van der Waals surface area contributed by atoms with E-state index in [1.807, 2.05) is 24.3 Å². The van der Waals surface area contributed by atoms with Crippen LogP contribution >= 0.6 is 0 Å². The van der Waals surface area contributed by atoms with Crippen molar-refractivity contribution in [3.8, 4) is 11.5 Å². The second kappa shape index (κ2) is 19.7. The van der Waals surface area contributed by atoms with E-state index < -0.39 is 23.8 Å². The van der Waals surface area contributed by atoms with E-state index >= 15 is 0 Å². The summed E-state index contributed by atoms with van der Waals surface area (Å²) in [5.74, 6) is -2.14. The van der Waals surface area contributed by atoms with Crippen LogP contribution in [0.5, 0.6) is 11.5 Å². The zero-order valence-corrected chi connectivity index (χ0v) is 29.2. The van der Waals surface area contributed by atoms with Crippen molar-refractivity contribution in [1.29, 1.82) is 0 Å². The minimum Gasteiger partial charge on any atom is -0.491 e. The average Bonchev–Trinajstić information content (AvgIpc) is 3.17. The minimum absolute atomic E-state index is 0.0472. The SMILES string of the molecule is O=C(O)c1ccccc1C(=O)N1CCOCCN(C(=O)c2ccccc2C(=O)O)Cc2ccc(cc2)OCCOCCOCCOc2ccc(cc2)C1. The van der Waals surface area contributed by atoms with Crippen LogP contribution in [0.15, 0.2) is 97.1 Å². The number of aromatic carboxylic acids is 2. The van der Waals surface area contributed by atoms with Crippen molar-refractivity contribution in [1.82, 2.24) is 9.80 Å². The first kappa shape index (κ1) is 38.5. The number of nitrogens with zero attached hydrogens (tertiary/aromatic N) is 2. The number of carboxylic acids is 2. The van der Waals surface area contributed by atoms with Gasteiger partial charge in [-0.25, -0.2) is 9.59 Å². The quantitative estimate of drug-likeness (QED) is 0.295. The summed E-state index contributed by atoms with van der Waals surface area (Å²) in [6, 6.07) is 26.5. The molecule has 8 rings (SSSR count). The first-order valence-corrected chi connectivity index (χ1v) is 17.2. The summed E-state index contributed by atoms with van der Waals surface area (Å²) in [5, 5.41) is 19.5. The van der Waals surface area contributed by atoms with Crippen molar-refractivity contribution in [2.75, 3.05) is 65.9 Å². The van der Waals surface area contributed by atoms with E-state index in [1.54, 1.807) is 48.5 Å². The number of carbonyl (C=O) groups excluding carboxylic acids is 2. The van der Waals surface area contributed by atoms with Gasteiger partial charge in [-0.1, -0.05) is 48.5 Å². The Kier molecular flexibility index (Phi) is 14.3. The number of benzene rings is 4. The van der Waals surface area contributed by atoms with Crippen LogP contribution in [-0.2, 0) is 27.3 Å². The molecular weight excluding hydrogens is 684 g/mol. The van der Waals surface area contributed by atoms with E-state index in [-0.39, 0.29) is 61.6 Å². The predicted octanol–water partition coefficient (Wildman–Crippen LogP) is 4.89. The smallest absolute Gasteiger partial charge is 0.336 e. The van der Waals surface area contributed by atoms with Gasteiger partial charge in [0.05, 0.1) is 61.9 Å². The Labute approximate surface area is 307 Å². The first-order chi connectivity index (χ1) is 25.8. The molecule has 13 heteroatoms. The minimum atomic E-state index is -1.22. The maximum Gasteiger partial charge on any atom is 0.336 e. The van der Waals surface area contributed by atoms with Crippen LogP contribution < -0.4 is 9.47 Å². The highest BCUT2D eigenvalue weighted by molar-refractivity contribution is 6.05. The van der Waals surface area contributed by atoms with Gasteiger partial charge in [0.25, 0.3) is 11.8 Å². The fourth-order valence-corrected chi connectivity index (χ4v) is 5.59. The Morgan fingerprint density at radius 3 is 1.15 bits per heavy atom. The summed E-state index contributed by atoms with van der Waals surface area (Å²) in [6.07, 6.45) is 0. The lowest BCUT2D eigenvalue weighted by atomic mass is 10.1. The normalized spacial score (nSPS) is 15.5. The van der Waals surface area contributed by atoms with Crippen LogP contribution in [0.3, 0.4) is 0 Å². The molecule has 0 unspecified atom stereocenters. The molecule has 2 amide bonds. The Balaban J connectivity index is 1.35. The van der Waals surface area contributed by atoms with Crippen molar-refractivity contribution < 1.29 is 53.1 Å². The molecule has 4 heterocycles. The zero-order valence-electron chi connectivity index (χ0n) is 29.2. The molecule has 278 valence electrons. The van der Waals surface area contributed by atoms with Gasteiger partial charge in [-0.3, -0.25) is 9.59 Å². The van der Waals surface area contributed by atoms with E-state index in [0.29, 0.717) is 51.1 Å².